The summed E-state index contributed by atoms with van der Waals surface area (Å²) in [5, 5.41) is 3.80. The highest BCUT2D eigenvalue weighted by molar-refractivity contribution is 5.34. The summed E-state index contributed by atoms with van der Waals surface area (Å²) in [6.07, 6.45) is 2.89. The Morgan fingerprint density at radius 1 is 1.12 bits per heavy atom. The van der Waals surface area contributed by atoms with Crippen LogP contribution in [-0.2, 0) is 6.54 Å². The largest absolute Gasteiger partial charge is 0.326 e. The lowest BCUT2D eigenvalue weighted by Gasteiger charge is -2.03. The fourth-order valence-electron chi connectivity index (χ4n) is 1.28. The van der Waals surface area contributed by atoms with Gasteiger partial charge in [0.15, 0.2) is 17.5 Å². The van der Waals surface area contributed by atoms with Crippen LogP contribution in [0.2, 0.25) is 0 Å². The van der Waals surface area contributed by atoms with Crippen LogP contribution >= 0.6 is 0 Å². The quantitative estimate of drug-likeness (QED) is 0.794. The standard InChI is InChI=1S/C10H8F3N3/c11-7-1-9(13)10(2-8(7)12)16-5-6(3-14)4-15-16/h1-2,4-5H,3,14H2. The molecule has 2 rings (SSSR count). The van der Waals surface area contributed by atoms with Crippen molar-refractivity contribution in [1.29, 1.82) is 0 Å². The lowest BCUT2D eigenvalue weighted by atomic mass is 10.3. The topological polar surface area (TPSA) is 43.8 Å². The molecule has 0 amide bonds. The van der Waals surface area contributed by atoms with Gasteiger partial charge >= 0.3 is 0 Å². The average molecular weight is 227 g/mol. The molecule has 0 bridgehead atoms. The van der Waals surface area contributed by atoms with Gasteiger partial charge in [0.1, 0.15) is 5.69 Å². The van der Waals surface area contributed by atoms with Gasteiger partial charge in [-0.05, 0) is 0 Å². The molecule has 0 aliphatic carbocycles. The second kappa shape index (κ2) is 3.97. The maximum Gasteiger partial charge on any atom is 0.161 e. The van der Waals surface area contributed by atoms with Gasteiger partial charge in [-0.3, -0.25) is 0 Å². The molecule has 6 heteroatoms. The average Bonchev–Trinajstić information content (AvgIpc) is 2.71. The third kappa shape index (κ3) is 1.79. The number of aromatic nitrogens is 2. The van der Waals surface area contributed by atoms with Gasteiger partial charge < -0.3 is 5.73 Å². The summed E-state index contributed by atoms with van der Waals surface area (Å²) >= 11 is 0. The Kier molecular flexibility index (Phi) is 2.66. The molecule has 2 N–H and O–H groups in total. The number of rotatable bonds is 2. The molecular formula is C10H8F3N3. The fraction of sp³-hybridized carbons (Fsp3) is 0.100. The van der Waals surface area contributed by atoms with E-state index in [2.05, 4.69) is 5.10 Å². The molecule has 3 nitrogen and oxygen atoms in total. The Balaban J connectivity index is 2.51. The van der Waals surface area contributed by atoms with E-state index in [9.17, 15) is 13.2 Å². The van der Waals surface area contributed by atoms with E-state index in [0.717, 1.165) is 10.7 Å². The van der Waals surface area contributed by atoms with E-state index in [1.165, 1.54) is 12.4 Å². The molecule has 1 aromatic carbocycles. The lowest BCUT2D eigenvalue weighted by molar-refractivity contribution is 0.491. The van der Waals surface area contributed by atoms with Gasteiger partial charge in [0.2, 0.25) is 0 Å². The number of nitrogens with zero attached hydrogens (tertiary/aromatic N) is 2. The van der Waals surface area contributed by atoms with Crippen LogP contribution in [0.4, 0.5) is 13.2 Å². The number of hydrogen-bond acceptors (Lipinski definition) is 2. The number of nitrogens with two attached hydrogens (primary N) is 1. The molecule has 0 atom stereocenters. The second-order valence-corrected chi connectivity index (χ2v) is 3.22. The molecule has 16 heavy (non-hydrogen) atoms. The third-order valence-corrected chi connectivity index (χ3v) is 2.11. The monoisotopic (exact) mass is 227 g/mol. The van der Waals surface area contributed by atoms with Crippen molar-refractivity contribution in [3.8, 4) is 5.69 Å². The molecule has 0 fully saturated rings. The Hall–Kier alpha value is -1.82. The van der Waals surface area contributed by atoms with E-state index < -0.39 is 17.5 Å². The van der Waals surface area contributed by atoms with Gasteiger partial charge in [0.25, 0.3) is 0 Å². The Morgan fingerprint density at radius 3 is 2.44 bits per heavy atom. The first-order chi connectivity index (χ1) is 7.61. The summed E-state index contributed by atoms with van der Waals surface area (Å²) in [5.74, 6) is -3.24. The summed E-state index contributed by atoms with van der Waals surface area (Å²) in [6.45, 7) is 0.241. The van der Waals surface area contributed by atoms with Gasteiger partial charge in [-0.15, -0.1) is 0 Å². The molecule has 0 radical (unpaired) electrons. The molecule has 0 spiro atoms. The predicted molar refractivity (Wildman–Crippen MR) is 51.3 cm³/mol. The Bertz CT molecular complexity index is 522. The van der Waals surface area contributed by atoms with Crippen LogP contribution in [0.15, 0.2) is 24.5 Å². The molecule has 0 saturated carbocycles. The van der Waals surface area contributed by atoms with Gasteiger partial charge in [0.05, 0.1) is 6.20 Å². The van der Waals surface area contributed by atoms with Gasteiger partial charge in [-0.25, -0.2) is 17.9 Å². The Labute approximate surface area is 89.3 Å². The van der Waals surface area contributed by atoms with Crippen molar-refractivity contribution in [2.75, 3.05) is 0 Å². The summed E-state index contributed by atoms with van der Waals surface area (Å²) in [6, 6.07) is 1.23. The second-order valence-electron chi connectivity index (χ2n) is 3.22. The van der Waals surface area contributed by atoms with Crippen molar-refractivity contribution in [3.05, 3.63) is 47.5 Å². The molecule has 0 aliphatic heterocycles. The van der Waals surface area contributed by atoms with E-state index in [-0.39, 0.29) is 12.2 Å². The first kappa shape index (κ1) is 10.7. The van der Waals surface area contributed by atoms with Gasteiger partial charge in [0, 0.05) is 30.4 Å². The molecule has 2 aromatic rings. The minimum Gasteiger partial charge on any atom is -0.326 e. The van der Waals surface area contributed by atoms with Crippen LogP contribution < -0.4 is 5.73 Å². The molecule has 0 saturated heterocycles. The molecule has 0 aliphatic rings. The highest BCUT2D eigenvalue weighted by atomic mass is 19.2. The summed E-state index contributed by atoms with van der Waals surface area (Å²) in [7, 11) is 0. The van der Waals surface area contributed by atoms with E-state index in [0.29, 0.717) is 11.6 Å². The number of hydrogen-bond donors (Lipinski definition) is 1. The van der Waals surface area contributed by atoms with Crippen LogP contribution in [0.25, 0.3) is 5.69 Å². The molecule has 1 aromatic heterocycles. The summed E-state index contributed by atoms with van der Waals surface area (Å²) < 4.78 is 40.0. The first-order valence-corrected chi connectivity index (χ1v) is 4.50. The van der Waals surface area contributed by atoms with Gasteiger partial charge in [-0.1, -0.05) is 0 Å². The summed E-state index contributed by atoms with van der Waals surface area (Å²) in [4.78, 5) is 0. The predicted octanol–water partition coefficient (Wildman–Crippen LogP) is 1.75. The minimum absolute atomic E-state index is 0.154. The summed E-state index contributed by atoms with van der Waals surface area (Å²) in [5.41, 5.74) is 5.87. The normalized spacial score (nSPS) is 10.8. The SMILES string of the molecule is NCc1cnn(-c2cc(F)c(F)cc2F)c1. The zero-order valence-electron chi connectivity index (χ0n) is 8.12. The van der Waals surface area contributed by atoms with Crippen LogP contribution in [0.1, 0.15) is 5.56 Å². The smallest absolute Gasteiger partial charge is 0.161 e. The molecule has 84 valence electrons. The van der Waals surface area contributed by atoms with Gasteiger partial charge in [-0.2, -0.15) is 5.10 Å². The van der Waals surface area contributed by atoms with Crippen molar-refractivity contribution >= 4 is 0 Å². The Morgan fingerprint density at radius 2 is 1.81 bits per heavy atom. The highest BCUT2D eigenvalue weighted by Gasteiger charge is 2.12. The van der Waals surface area contributed by atoms with Crippen molar-refractivity contribution in [1.82, 2.24) is 9.78 Å². The molecular weight excluding hydrogens is 219 g/mol. The van der Waals surface area contributed by atoms with Crippen LogP contribution in [-0.4, -0.2) is 9.78 Å². The molecule has 0 unspecified atom stereocenters. The fourth-order valence-corrected chi connectivity index (χ4v) is 1.28. The first-order valence-electron chi connectivity index (χ1n) is 4.50. The highest BCUT2D eigenvalue weighted by Crippen LogP contribution is 2.17. The van der Waals surface area contributed by atoms with Crippen molar-refractivity contribution in [3.63, 3.8) is 0 Å². The lowest BCUT2D eigenvalue weighted by Crippen LogP contribution is -2.01. The van der Waals surface area contributed by atoms with E-state index >= 15 is 0 Å². The molecule has 1 heterocycles. The van der Waals surface area contributed by atoms with Crippen molar-refractivity contribution < 1.29 is 13.2 Å². The zero-order valence-corrected chi connectivity index (χ0v) is 8.12. The van der Waals surface area contributed by atoms with Crippen LogP contribution in [0.3, 0.4) is 0 Å². The third-order valence-electron chi connectivity index (χ3n) is 2.11. The van der Waals surface area contributed by atoms with Crippen LogP contribution in [0, 0.1) is 17.5 Å². The van der Waals surface area contributed by atoms with Crippen molar-refractivity contribution in [2.45, 2.75) is 6.54 Å². The maximum absolute atomic E-state index is 13.3. The van der Waals surface area contributed by atoms with E-state index in [4.69, 9.17) is 5.73 Å². The van der Waals surface area contributed by atoms with E-state index in [1.54, 1.807) is 0 Å². The zero-order chi connectivity index (χ0) is 11.7. The van der Waals surface area contributed by atoms with E-state index in [1.807, 2.05) is 0 Å². The number of halogens is 3. The number of benzene rings is 1. The van der Waals surface area contributed by atoms with Crippen molar-refractivity contribution in [2.24, 2.45) is 5.73 Å². The minimum atomic E-state index is -1.23. The maximum atomic E-state index is 13.3. The van der Waals surface area contributed by atoms with Crippen LogP contribution in [0.5, 0.6) is 0 Å².